The van der Waals surface area contributed by atoms with Crippen LogP contribution in [0.2, 0.25) is 0 Å². The lowest BCUT2D eigenvalue weighted by Crippen LogP contribution is -2.20. The Morgan fingerprint density at radius 2 is 1.86 bits per heavy atom. The van der Waals surface area contributed by atoms with Gasteiger partial charge in [-0.15, -0.1) is 0 Å². The van der Waals surface area contributed by atoms with Gasteiger partial charge in [-0.25, -0.2) is 0 Å². The first-order valence-corrected chi connectivity index (χ1v) is 7.32. The predicted octanol–water partition coefficient (Wildman–Crippen LogP) is 3.48. The average molecular weight is 366 g/mol. The highest BCUT2D eigenvalue weighted by atomic mass is 79.9. The van der Waals surface area contributed by atoms with Crippen molar-refractivity contribution >= 4 is 27.5 Å². The zero-order chi connectivity index (χ0) is 15.9. The topological polar surface area (TPSA) is 56.8 Å². The molecular formula is C16H16BrNO4. The minimum Gasteiger partial charge on any atom is -0.493 e. The quantitative estimate of drug-likeness (QED) is 0.851. The maximum Gasteiger partial charge on any atom is 0.262 e. The van der Waals surface area contributed by atoms with Gasteiger partial charge in [-0.1, -0.05) is 22.0 Å². The number of nitrogens with one attached hydrogen (secondary N) is 1. The molecule has 0 unspecified atom stereocenters. The van der Waals surface area contributed by atoms with Crippen LogP contribution >= 0.6 is 15.9 Å². The highest BCUT2D eigenvalue weighted by Crippen LogP contribution is 2.29. The van der Waals surface area contributed by atoms with Crippen LogP contribution in [-0.2, 0) is 4.79 Å². The highest BCUT2D eigenvalue weighted by Gasteiger charge is 2.08. The lowest BCUT2D eigenvalue weighted by Gasteiger charge is -2.11. The number of hydrogen-bond acceptors (Lipinski definition) is 4. The van der Waals surface area contributed by atoms with Crippen LogP contribution in [0, 0.1) is 0 Å². The molecule has 1 amide bonds. The summed E-state index contributed by atoms with van der Waals surface area (Å²) in [5, 5.41) is 2.74. The number of carbonyl (C=O) groups excluding carboxylic acids is 1. The van der Waals surface area contributed by atoms with Crippen molar-refractivity contribution in [3.8, 4) is 17.2 Å². The first-order chi connectivity index (χ1) is 10.6. The van der Waals surface area contributed by atoms with E-state index < -0.39 is 0 Å². The first kappa shape index (κ1) is 16.2. The Kier molecular flexibility index (Phi) is 5.66. The molecule has 0 heterocycles. The van der Waals surface area contributed by atoms with Gasteiger partial charge >= 0.3 is 0 Å². The van der Waals surface area contributed by atoms with Crippen LogP contribution in [0.1, 0.15) is 0 Å². The van der Waals surface area contributed by atoms with Crippen molar-refractivity contribution in [2.75, 3.05) is 26.1 Å². The molecule has 22 heavy (non-hydrogen) atoms. The molecule has 0 saturated carbocycles. The van der Waals surface area contributed by atoms with E-state index in [9.17, 15) is 4.79 Å². The molecule has 0 radical (unpaired) electrons. The molecule has 0 fully saturated rings. The normalized spacial score (nSPS) is 9.95. The molecule has 0 spiro atoms. The molecule has 0 aliphatic rings. The van der Waals surface area contributed by atoms with Gasteiger partial charge in [-0.3, -0.25) is 4.79 Å². The van der Waals surface area contributed by atoms with Crippen molar-refractivity contribution in [3.05, 3.63) is 46.9 Å². The van der Waals surface area contributed by atoms with Crippen molar-refractivity contribution < 1.29 is 19.0 Å². The fourth-order valence-corrected chi connectivity index (χ4v) is 2.19. The Morgan fingerprint density at radius 3 is 2.55 bits per heavy atom. The predicted molar refractivity (Wildman–Crippen MR) is 87.8 cm³/mol. The molecule has 0 aliphatic carbocycles. The minimum atomic E-state index is -0.257. The Bertz CT molecular complexity index is 660. The van der Waals surface area contributed by atoms with Crippen molar-refractivity contribution in [3.63, 3.8) is 0 Å². The van der Waals surface area contributed by atoms with Crippen LogP contribution in [0.5, 0.6) is 17.2 Å². The van der Waals surface area contributed by atoms with Gasteiger partial charge in [-0.05, 0) is 30.3 Å². The largest absolute Gasteiger partial charge is 0.493 e. The van der Waals surface area contributed by atoms with E-state index in [1.807, 2.05) is 12.1 Å². The van der Waals surface area contributed by atoms with E-state index in [1.54, 1.807) is 44.6 Å². The van der Waals surface area contributed by atoms with Crippen molar-refractivity contribution in [1.29, 1.82) is 0 Å². The third-order valence-corrected chi connectivity index (χ3v) is 3.33. The lowest BCUT2D eigenvalue weighted by atomic mass is 10.2. The van der Waals surface area contributed by atoms with E-state index in [1.165, 1.54) is 0 Å². The third kappa shape index (κ3) is 4.39. The summed E-state index contributed by atoms with van der Waals surface area (Å²) in [6.07, 6.45) is 0. The monoisotopic (exact) mass is 365 g/mol. The minimum absolute atomic E-state index is 0.0786. The Balaban J connectivity index is 1.94. The van der Waals surface area contributed by atoms with Crippen LogP contribution in [0.15, 0.2) is 46.9 Å². The molecule has 2 aromatic rings. The van der Waals surface area contributed by atoms with Gasteiger partial charge in [0.15, 0.2) is 18.1 Å². The molecule has 0 aliphatic heterocycles. The summed E-state index contributed by atoms with van der Waals surface area (Å²) in [5.74, 6) is 1.52. The Morgan fingerprint density at radius 1 is 1.09 bits per heavy atom. The van der Waals surface area contributed by atoms with E-state index in [2.05, 4.69) is 21.2 Å². The molecular weight excluding hydrogens is 350 g/mol. The smallest absolute Gasteiger partial charge is 0.262 e. The second kappa shape index (κ2) is 7.70. The second-order valence-corrected chi connectivity index (χ2v) is 5.28. The molecule has 0 saturated heterocycles. The number of halogens is 1. The molecule has 5 nitrogen and oxygen atoms in total. The van der Waals surface area contributed by atoms with Gasteiger partial charge < -0.3 is 19.5 Å². The van der Waals surface area contributed by atoms with E-state index >= 15 is 0 Å². The van der Waals surface area contributed by atoms with E-state index in [4.69, 9.17) is 14.2 Å². The summed E-state index contributed by atoms with van der Waals surface area (Å²) < 4.78 is 16.7. The lowest BCUT2D eigenvalue weighted by molar-refractivity contribution is -0.118. The Labute approximate surface area is 137 Å². The molecule has 2 aromatic carbocycles. The summed E-state index contributed by atoms with van der Waals surface area (Å²) in [5.41, 5.74) is 0.612. The Hall–Kier alpha value is -2.21. The second-order valence-electron chi connectivity index (χ2n) is 4.36. The van der Waals surface area contributed by atoms with E-state index in [0.29, 0.717) is 22.9 Å². The number of amides is 1. The summed E-state index contributed by atoms with van der Waals surface area (Å²) in [4.78, 5) is 11.9. The van der Waals surface area contributed by atoms with Gasteiger partial charge in [0.2, 0.25) is 0 Å². The number of ether oxygens (including phenoxy) is 3. The number of carbonyl (C=O) groups is 1. The van der Waals surface area contributed by atoms with Gasteiger partial charge in [0, 0.05) is 16.2 Å². The first-order valence-electron chi connectivity index (χ1n) is 6.52. The third-order valence-electron chi connectivity index (χ3n) is 2.83. The fourth-order valence-electron chi connectivity index (χ4n) is 1.82. The summed E-state index contributed by atoms with van der Waals surface area (Å²) >= 11 is 3.35. The molecule has 1 N–H and O–H groups in total. The van der Waals surface area contributed by atoms with Gasteiger partial charge in [0.25, 0.3) is 5.91 Å². The van der Waals surface area contributed by atoms with Gasteiger partial charge in [0.05, 0.1) is 14.2 Å². The molecule has 0 bridgehead atoms. The maximum atomic E-state index is 11.9. The zero-order valence-corrected chi connectivity index (χ0v) is 13.8. The molecule has 6 heteroatoms. The number of methoxy groups -OCH3 is 2. The van der Waals surface area contributed by atoms with Crippen LogP contribution in [0.3, 0.4) is 0 Å². The maximum absolute atomic E-state index is 11.9. The number of anilines is 1. The SMILES string of the molecule is COc1ccc(NC(=O)COc2cccc(Br)c2)cc1OC. The highest BCUT2D eigenvalue weighted by molar-refractivity contribution is 9.10. The molecule has 116 valence electrons. The van der Waals surface area contributed by atoms with Gasteiger partial charge in [-0.2, -0.15) is 0 Å². The molecule has 2 rings (SSSR count). The average Bonchev–Trinajstić information content (AvgIpc) is 2.53. The van der Waals surface area contributed by atoms with Crippen LogP contribution in [0.25, 0.3) is 0 Å². The number of benzene rings is 2. The number of rotatable bonds is 6. The fraction of sp³-hybridized carbons (Fsp3) is 0.188. The zero-order valence-electron chi connectivity index (χ0n) is 12.3. The summed E-state index contributed by atoms with van der Waals surface area (Å²) in [7, 11) is 3.10. The van der Waals surface area contributed by atoms with E-state index in [0.717, 1.165) is 4.47 Å². The number of hydrogen-bond donors (Lipinski definition) is 1. The standard InChI is InChI=1S/C16H16BrNO4/c1-20-14-7-6-12(9-15(14)21-2)18-16(19)10-22-13-5-3-4-11(17)8-13/h3-9H,10H2,1-2H3,(H,18,19). The van der Waals surface area contributed by atoms with Crippen molar-refractivity contribution in [1.82, 2.24) is 0 Å². The molecule has 0 aromatic heterocycles. The summed E-state index contributed by atoms with van der Waals surface area (Å²) in [6.45, 7) is -0.0786. The van der Waals surface area contributed by atoms with Gasteiger partial charge in [0.1, 0.15) is 5.75 Å². The van der Waals surface area contributed by atoms with Crippen LogP contribution in [0.4, 0.5) is 5.69 Å². The van der Waals surface area contributed by atoms with Crippen molar-refractivity contribution in [2.45, 2.75) is 0 Å². The van der Waals surface area contributed by atoms with Crippen molar-refractivity contribution in [2.24, 2.45) is 0 Å². The van der Waals surface area contributed by atoms with Crippen LogP contribution < -0.4 is 19.5 Å². The summed E-state index contributed by atoms with van der Waals surface area (Å²) in [6, 6.07) is 12.5. The van der Waals surface area contributed by atoms with Crippen LogP contribution in [-0.4, -0.2) is 26.7 Å². The van der Waals surface area contributed by atoms with E-state index in [-0.39, 0.29) is 12.5 Å². The molecule has 0 atom stereocenters.